The van der Waals surface area contributed by atoms with Gasteiger partial charge >= 0.3 is 0 Å². The molecule has 0 N–H and O–H groups in total. The minimum absolute atomic E-state index is 0.561. The number of piperidine rings is 1. The van der Waals surface area contributed by atoms with Gasteiger partial charge in [0.05, 0.1) is 11.1 Å². The van der Waals surface area contributed by atoms with E-state index in [-0.39, 0.29) is 0 Å². The average Bonchev–Trinajstić information content (AvgIpc) is 2.53. The Balaban J connectivity index is 2.05. The van der Waals surface area contributed by atoms with Gasteiger partial charge < -0.3 is 9.80 Å². The van der Waals surface area contributed by atoms with Gasteiger partial charge in [-0.2, -0.15) is 5.26 Å². The van der Waals surface area contributed by atoms with E-state index in [1.807, 2.05) is 12.1 Å². The summed E-state index contributed by atoms with van der Waals surface area (Å²) >= 11 is 0. The normalized spacial score (nSPS) is 22.0. The van der Waals surface area contributed by atoms with Crippen molar-refractivity contribution in [2.24, 2.45) is 5.92 Å². The molecule has 0 spiro atoms. The van der Waals surface area contributed by atoms with E-state index < -0.39 is 0 Å². The van der Waals surface area contributed by atoms with Crippen molar-refractivity contribution in [2.75, 3.05) is 32.1 Å². The maximum absolute atomic E-state index is 9.28. The van der Waals surface area contributed by atoms with Crippen LogP contribution in [0.25, 0.3) is 10.9 Å². The molecule has 1 aliphatic heterocycles. The maximum Gasteiger partial charge on any atom is 0.101 e. The number of hydrogen-bond donors (Lipinski definition) is 0. The molecule has 0 amide bonds. The van der Waals surface area contributed by atoms with Crippen molar-refractivity contribution in [3.63, 3.8) is 0 Å². The van der Waals surface area contributed by atoms with Crippen LogP contribution in [0, 0.1) is 17.2 Å². The fraction of sp³-hybridized carbons (Fsp3) is 0.444. The lowest BCUT2D eigenvalue weighted by Crippen LogP contribution is -2.48. The van der Waals surface area contributed by atoms with E-state index in [1.54, 1.807) is 6.20 Å². The Bertz CT molecular complexity index is 717. The zero-order valence-corrected chi connectivity index (χ0v) is 13.5. The van der Waals surface area contributed by atoms with Crippen molar-refractivity contribution in [1.29, 1.82) is 5.26 Å². The van der Waals surface area contributed by atoms with Crippen LogP contribution in [0.1, 0.15) is 18.9 Å². The first-order valence-electron chi connectivity index (χ1n) is 7.79. The van der Waals surface area contributed by atoms with Gasteiger partial charge in [0.1, 0.15) is 6.07 Å². The molecule has 0 saturated carbocycles. The van der Waals surface area contributed by atoms with Crippen LogP contribution in [0.4, 0.5) is 5.69 Å². The van der Waals surface area contributed by atoms with Crippen LogP contribution in [-0.2, 0) is 0 Å². The Morgan fingerprint density at radius 1 is 1.27 bits per heavy atom. The lowest BCUT2D eigenvalue weighted by atomic mass is 9.94. The van der Waals surface area contributed by atoms with Crippen LogP contribution in [0.15, 0.2) is 30.5 Å². The fourth-order valence-corrected chi connectivity index (χ4v) is 3.41. The molecule has 2 aromatic rings. The van der Waals surface area contributed by atoms with E-state index in [4.69, 9.17) is 0 Å². The molecule has 1 saturated heterocycles. The molecule has 1 aliphatic rings. The van der Waals surface area contributed by atoms with Gasteiger partial charge in [0, 0.05) is 36.4 Å². The number of likely N-dealkylation sites (N-methyl/N-ethyl adjacent to an activating group) is 1. The van der Waals surface area contributed by atoms with Gasteiger partial charge in [0.2, 0.25) is 0 Å². The van der Waals surface area contributed by atoms with Crippen molar-refractivity contribution in [1.82, 2.24) is 9.88 Å². The Morgan fingerprint density at radius 3 is 2.82 bits per heavy atom. The molecule has 0 radical (unpaired) electrons. The van der Waals surface area contributed by atoms with Crippen LogP contribution in [0.2, 0.25) is 0 Å². The highest BCUT2D eigenvalue weighted by Crippen LogP contribution is 2.31. The van der Waals surface area contributed by atoms with Crippen molar-refractivity contribution in [2.45, 2.75) is 19.4 Å². The summed E-state index contributed by atoms with van der Waals surface area (Å²) in [4.78, 5) is 9.18. The summed E-state index contributed by atoms with van der Waals surface area (Å²) in [6, 6.07) is 10.8. The molecular formula is C18H22N4. The number of nitriles is 1. The second-order valence-electron chi connectivity index (χ2n) is 6.51. The molecule has 4 heteroatoms. The largest absolute Gasteiger partial charge is 0.369 e. The number of fused-ring (bicyclic) bond motifs is 1. The second-order valence-corrected chi connectivity index (χ2v) is 6.51. The van der Waals surface area contributed by atoms with E-state index in [2.05, 4.69) is 54.0 Å². The maximum atomic E-state index is 9.28. The van der Waals surface area contributed by atoms with Crippen LogP contribution in [0.3, 0.4) is 0 Å². The van der Waals surface area contributed by atoms with Crippen LogP contribution >= 0.6 is 0 Å². The molecule has 2 heterocycles. The highest BCUT2D eigenvalue weighted by molar-refractivity contribution is 5.95. The summed E-state index contributed by atoms with van der Waals surface area (Å²) in [5, 5.41) is 10.4. The first kappa shape index (κ1) is 14.8. The van der Waals surface area contributed by atoms with Crippen molar-refractivity contribution < 1.29 is 0 Å². The molecular weight excluding hydrogens is 272 g/mol. The smallest absolute Gasteiger partial charge is 0.101 e. The lowest BCUT2D eigenvalue weighted by molar-refractivity contribution is 0.226. The molecule has 0 bridgehead atoms. The summed E-state index contributed by atoms with van der Waals surface area (Å²) in [5.41, 5.74) is 2.65. The zero-order valence-electron chi connectivity index (χ0n) is 13.5. The Labute approximate surface area is 132 Å². The number of nitrogens with zero attached hydrogens (tertiary/aromatic N) is 4. The minimum atomic E-state index is 0.561. The van der Waals surface area contributed by atoms with Crippen molar-refractivity contribution in [3.8, 4) is 6.07 Å². The summed E-state index contributed by atoms with van der Waals surface area (Å²) in [6.07, 6.45) is 2.99. The van der Waals surface area contributed by atoms with Gasteiger partial charge in [0.25, 0.3) is 0 Å². The number of pyridine rings is 1. The summed E-state index contributed by atoms with van der Waals surface area (Å²) in [7, 11) is 4.30. The molecule has 2 atom stereocenters. The number of aromatic nitrogens is 1. The van der Waals surface area contributed by atoms with Gasteiger partial charge in [-0.05, 0) is 50.7 Å². The SMILES string of the molecule is C[C@H]1C[C@@H](N(C)C)CN(c2ccc(C#N)c3ncccc23)C1. The van der Waals surface area contributed by atoms with Crippen molar-refractivity contribution in [3.05, 3.63) is 36.0 Å². The Morgan fingerprint density at radius 2 is 2.09 bits per heavy atom. The predicted molar refractivity (Wildman–Crippen MR) is 89.9 cm³/mol. The van der Waals surface area contributed by atoms with Gasteiger partial charge in [-0.1, -0.05) is 6.92 Å². The number of hydrogen-bond acceptors (Lipinski definition) is 4. The minimum Gasteiger partial charge on any atom is -0.369 e. The summed E-state index contributed by atoms with van der Waals surface area (Å²) in [6.45, 7) is 4.39. The van der Waals surface area contributed by atoms with E-state index in [0.29, 0.717) is 17.5 Å². The third kappa shape index (κ3) is 2.65. The molecule has 0 unspecified atom stereocenters. The molecule has 4 nitrogen and oxygen atoms in total. The molecule has 3 rings (SSSR count). The Kier molecular flexibility index (Phi) is 4.00. The topological polar surface area (TPSA) is 43.2 Å². The third-order valence-corrected chi connectivity index (χ3v) is 4.58. The first-order valence-corrected chi connectivity index (χ1v) is 7.79. The van der Waals surface area contributed by atoms with E-state index in [1.165, 1.54) is 12.1 Å². The van der Waals surface area contributed by atoms with E-state index in [9.17, 15) is 5.26 Å². The monoisotopic (exact) mass is 294 g/mol. The highest BCUT2D eigenvalue weighted by atomic mass is 15.2. The quantitative estimate of drug-likeness (QED) is 0.854. The van der Waals surface area contributed by atoms with Crippen LogP contribution in [0.5, 0.6) is 0 Å². The van der Waals surface area contributed by atoms with Gasteiger partial charge in [-0.3, -0.25) is 4.98 Å². The van der Waals surface area contributed by atoms with Crippen molar-refractivity contribution >= 4 is 16.6 Å². The zero-order chi connectivity index (χ0) is 15.7. The van der Waals surface area contributed by atoms with Crippen LogP contribution in [-0.4, -0.2) is 43.1 Å². The lowest BCUT2D eigenvalue weighted by Gasteiger charge is -2.41. The first-order chi connectivity index (χ1) is 10.6. The highest BCUT2D eigenvalue weighted by Gasteiger charge is 2.27. The van der Waals surface area contributed by atoms with Gasteiger partial charge in [0.15, 0.2) is 0 Å². The third-order valence-electron chi connectivity index (χ3n) is 4.58. The van der Waals surface area contributed by atoms with E-state index in [0.717, 1.165) is 24.0 Å². The molecule has 114 valence electrons. The predicted octanol–water partition coefficient (Wildman–Crippen LogP) is 2.88. The second kappa shape index (κ2) is 5.94. The Hall–Kier alpha value is -2.12. The molecule has 1 aromatic carbocycles. The average molecular weight is 294 g/mol. The molecule has 0 aliphatic carbocycles. The standard InChI is InChI=1S/C18H22N4/c1-13-9-15(21(2)3)12-22(11-13)17-7-6-14(10-19)18-16(17)5-4-8-20-18/h4-8,13,15H,9,11-12H2,1-3H3/t13-,15+/m0/s1. The summed E-state index contributed by atoms with van der Waals surface area (Å²) < 4.78 is 0. The van der Waals surface area contributed by atoms with E-state index >= 15 is 0 Å². The van der Waals surface area contributed by atoms with Gasteiger partial charge in [-0.15, -0.1) is 0 Å². The molecule has 22 heavy (non-hydrogen) atoms. The molecule has 1 fully saturated rings. The van der Waals surface area contributed by atoms with Crippen LogP contribution < -0.4 is 4.90 Å². The summed E-state index contributed by atoms with van der Waals surface area (Å²) in [5.74, 6) is 0.656. The number of anilines is 1. The number of benzene rings is 1. The number of rotatable bonds is 2. The molecule has 1 aromatic heterocycles. The fourth-order valence-electron chi connectivity index (χ4n) is 3.41. The van der Waals surface area contributed by atoms with Gasteiger partial charge in [-0.25, -0.2) is 0 Å².